The van der Waals surface area contributed by atoms with Crippen molar-refractivity contribution in [1.82, 2.24) is 9.72 Å². The summed E-state index contributed by atoms with van der Waals surface area (Å²) in [5, 5.41) is 6.28. The van der Waals surface area contributed by atoms with E-state index >= 15 is 0 Å². The first-order valence-corrected chi connectivity index (χ1v) is 8.57. The molecule has 1 aliphatic rings. The second-order valence-electron chi connectivity index (χ2n) is 6.00. The fourth-order valence-electron chi connectivity index (χ4n) is 2.99. The fraction of sp³-hybridized carbons (Fsp3) is 0.211. The number of carbonyl (C=O) groups is 2. The van der Waals surface area contributed by atoms with Crippen LogP contribution in [0.1, 0.15) is 28.0 Å². The summed E-state index contributed by atoms with van der Waals surface area (Å²) in [5.41, 5.74) is 1.88. The number of nitrogens with zero attached hydrogens (tertiary/aromatic N) is 2. The molecule has 4 rings (SSSR count). The number of hydrogen-bond acceptors (Lipinski definition) is 7. The fourth-order valence-corrected chi connectivity index (χ4v) is 2.99. The van der Waals surface area contributed by atoms with Crippen LogP contribution in [0, 0.1) is 0 Å². The lowest BCUT2D eigenvalue weighted by molar-refractivity contribution is 0.0516. The topological polar surface area (TPSA) is 105 Å². The summed E-state index contributed by atoms with van der Waals surface area (Å²) >= 11 is 0. The van der Waals surface area contributed by atoms with Gasteiger partial charge in [-0.1, -0.05) is 11.2 Å². The van der Waals surface area contributed by atoms with E-state index in [0.717, 1.165) is 5.56 Å². The van der Waals surface area contributed by atoms with Crippen molar-refractivity contribution in [2.75, 3.05) is 18.7 Å². The van der Waals surface area contributed by atoms with Gasteiger partial charge in [0.1, 0.15) is 0 Å². The van der Waals surface area contributed by atoms with Gasteiger partial charge in [-0.15, -0.1) is 0 Å². The molecule has 1 N–H and O–H groups in total. The molecule has 0 aliphatic carbocycles. The number of carbonyl (C=O) groups excluding carboxylic acids is 2. The molecule has 0 atom stereocenters. The van der Waals surface area contributed by atoms with Crippen molar-refractivity contribution in [3.05, 3.63) is 48.1 Å². The Kier molecular flexibility index (Phi) is 4.48. The van der Waals surface area contributed by atoms with Crippen LogP contribution in [0.5, 0.6) is 11.5 Å². The molecular weight excluding hydrogens is 366 g/mol. The van der Waals surface area contributed by atoms with E-state index in [4.69, 9.17) is 18.7 Å². The van der Waals surface area contributed by atoms with Crippen molar-refractivity contribution >= 4 is 17.6 Å². The van der Waals surface area contributed by atoms with Crippen LogP contribution in [0.3, 0.4) is 0 Å². The van der Waals surface area contributed by atoms with Crippen LogP contribution in [0.15, 0.2) is 41.2 Å². The van der Waals surface area contributed by atoms with Gasteiger partial charge < -0.3 is 28.6 Å². The number of aryl methyl sites for hydroxylation is 1. The van der Waals surface area contributed by atoms with Crippen molar-refractivity contribution in [2.24, 2.45) is 7.05 Å². The molecule has 0 bridgehead atoms. The second kappa shape index (κ2) is 7.10. The Morgan fingerprint density at radius 1 is 1.25 bits per heavy atom. The van der Waals surface area contributed by atoms with Crippen LogP contribution in [0.4, 0.5) is 5.69 Å². The molecule has 9 heteroatoms. The third kappa shape index (κ3) is 3.07. The van der Waals surface area contributed by atoms with Gasteiger partial charge in [0, 0.05) is 24.9 Å². The highest BCUT2D eigenvalue weighted by atomic mass is 16.7. The van der Waals surface area contributed by atoms with E-state index in [1.165, 1.54) is 12.3 Å². The minimum atomic E-state index is -0.551. The quantitative estimate of drug-likeness (QED) is 0.676. The zero-order chi connectivity index (χ0) is 19.7. The third-order valence-electron chi connectivity index (χ3n) is 4.23. The molecule has 1 aromatic carbocycles. The summed E-state index contributed by atoms with van der Waals surface area (Å²) in [5.74, 6) is 0.167. The number of rotatable bonds is 5. The minimum Gasteiger partial charge on any atom is -0.461 e. The molecule has 0 saturated heterocycles. The second-order valence-corrected chi connectivity index (χ2v) is 6.00. The lowest BCUT2D eigenvalue weighted by Gasteiger charge is -2.10. The van der Waals surface area contributed by atoms with E-state index < -0.39 is 11.9 Å². The predicted molar refractivity (Wildman–Crippen MR) is 97.4 cm³/mol. The summed E-state index contributed by atoms with van der Waals surface area (Å²) in [6.45, 7) is 2.07. The largest absolute Gasteiger partial charge is 0.461 e. The lowest BCUT2D eigenvalue weighted by atomic mass is 10.1. The van der Waals surface area contributed by atoms with Crippen LogP contribution in [0.25, 0.3) is 11.1 Å². The predicted octanol–water partition coefficient (Wildman–Crippen LogP) is 2.84. The Balaban J connectivity index is 1.80. The smallest absolute Gasteiger partial charge is 0.357 e. The first-order chi connectivity index (χ1) is 13.6. The highest BCUT2D eigenvalue weighted by Crippen LogP contribution is 2.40. The first kappa shape index (κ1) is 17.7. The molecule has 9 nitrogen and oxygen atoms in total. The maximum atomic E-state index is 12.5. The van der Waals surface area contributed by atoms with Gasteiger partial charge in [-0.2, -0.15) is 0 Å². The number of anilines is 1. The number of hydrogen-bond donors (Lipinski definition) is 1. The monoisotopic (exact) mass is 383 g/mol. The summed E-state index contributed by atoms with van der Waals surface area (Å²) in [7, 11) is 1.70. The number of amides is 1. The third-order valence-corrected chi connectivity index (χ3v) is 4.23. The van der Waals surface area contributed by atoms with E-state index in [0.29, 0.717) is 22.7 Å². The van der Waals surface area contributed by atoms with E-state index in [2.05, 4.69) is 10.5 Å². The van der Waals surface area contributed by atoms with E-state index in [1.54, 1.807) is 36.9 Å². The summed E-state index contributed by atoms with van der Waals surface area (Å²) < 4.78 is 22.4. The maximum Gasteiger partial charge on any atom is 0.357 e. The van der Waals surface area contributed by atoms with Crippen LogP contribution >= 0.6 is 0 Å². The number of aromatic nitrogens is 2. The van der Waals surface area contributed by atoms with Crippen molar-refractivity contribution in [2.45, 2.75) is 6.92 Å². The van der Waals surface area contributed by atoms with Gasteiger partial charge in [-0.05, 0) is 24.6 Å². The Hall–Kier alpha value is -3.75. The Morgan fingerprint density at radius 2 is 2.07 bits per heavy atom. The molecule has 3 heterocycles. The summed E-state index contributed by atoms with van der Waals surface area (Å²) in [6, 6.07) is 6.82. The lowest BCUT2D eigenvalue weighted by Crippen LogP contribution is -2.17. The van der Waals surface area contributed by atoms with Gasteiger partial charge in [0.25, 0.3) is 5.91 Å². The summed E-state index contributed by atoms with van der Waals surface area (Å²) in [6.07, 6.45) is 3.10. The Bertz CT molecular complexity index is 1040. The van der Waals surface area contributed by atoms with Gasteiger partial charge in [0.2, 0.25) is 12.6 Å². The molecule has 3 aromatic rings. The van der Waals surface area contributed by atoms with Gasteiger partial charge >= 0.3 is 5.97 Å². The average molecular weight is 383 g/mol. The number of fused-ring (bicyclic) bond motifs is 1. The molecule has 0 radical (unpaired) electrons. The average Bonchev–Trinajstić information content (AvgIpc) is 3.41. The molecule has 1 aliphatic heterocycles. The van der Waals surface area contributed by atoms with Crippen molar-refractivity contribution in [3.63, 3.8) is 0 Å². The van der Waals surface area contributed by atoms with Crippen molar-refractivity contribution in [3.8, 4) is 22.6 Å². The number of ether oxygens (including phenoxy) is 3. The van der Waals surface area contributed by atoms with Gasteiger partial charge in [-0.25, -0.2) is 4.79 Å². The maximum absolute atomic E-state index is 12.5. The number of benzene rings is 1. The first-order valence-electron chi connectivity index (χ1n) is 8.57. The molecule has 28 heavy (non-hydrogen) atoms. The van der Waals surface area contributed by atoms with Crippen molar-refractivity contribution in [1.29, 1.82) is 0 Å². The number of esters is 1. The van der Waals surface area contributed by atoms with Gasteiger partial charge in [0.15, 0.2) is 17.2 Å². The molecule has 144 valence electrons. The highest BCUT2D eigenvalue weighted by molar-refractivity contribution is 6.09. The zero-order valence-electron chi connectivity index (χ0n) is 15.2. The normalized spacial score (nSPS) is 12.1. The minimum absolute atomic E-state index is 0.0234. The zero-order valence-corrected chi connectivity index (χ0v) is 15.2. The van der Waals surface area contributed by atoms with Crippen LogP contribution < -0.4 is 14.8 Å². The van der Waals surface area contributed by atoms with Crippen LogP contribution in [-0.4, -0.2) is 35.0 Å². The Morgan fingerprint density at radius 3 is 2.82 bits per heavy atom. The molecule has 1 amide bonds. The number of nitrogens with one attached hydrogen (secondary N) is 1. The van der Waals surface area contributed by atoms with E-state index in [9.17, 15) is 9.59 Å². The van der Waals surface area contributed by atoms with E-state index in [-0.39, 0.29) is 24.9 Å². The molecule has 0 fully saturated rings. The van der Waals surface area contributed by atoms with E-state index in [1.807, 2.05) is 6.07 Å². The highest BCUT2D eigenvalue weighted by Gasteiger charge is 2.26. The molecule has 0 unspecified atom stereocenters. The molecule has 0 saturated carbocycles. The van der Waals surface area contributed by atoms with Gasteiger partial charge in [-0.3, -0.25) is 4.79 Å². The van der Waals surface area contributed by atoms with Crippen LogP contribution in [0.2, 0.25) is 0 Å². The molecular formula is C19H17N3O6. The Labute approximate surface area is 159 Å². The van der Waals surface area contributed by atoms with Gasteiger partial charge in [0.05, 0.1) is 18.5 Å². The standard InChI is InChI=1S/C19H17N3O6/c1-3-25-19(24)17-16(21-18(23)14-6-7-20-28-14)12(9-22(17)2)11-4-5-13-15(8-11)27-10-26-13/h4-9H,3,10H2,1-2H3,(H,21,23). The SMILES string of the molecule is CCOC(=O)c1c(NC(=O)c2ccno2)c(-c2ccc3c(c2)OCO3)cn1C. The molecule has 2 aromatic heterocycles. The molecule has 0 spiro atoms. The van der Waals surface area contributed by atoms with Crippen LogP contribution in [-0.2, 0) is 11.8 Å². The summed E-state index contributed by atoms with van der Waals surface area (Å²) in [4.78, 5) is 25.0. The van der Waals surface area contributed by atoms with Crippen molar-refractivity contribution < 1.29 is 28.3 Å².